The van der Waals surface area contributed by atoms with Crippen LogP contribution in [0.4, 0.5) is 0 Å². The van der Waals surface area contributed by atoms with Crippen LogP contribution in [0.2, 0.25) is 0 Å². The summed E-state index contributed by atoms with van der Waals surface area (Å²) in [7, 11) is 0. The van der Waals surface area contributed by atoms with Gasteiger partial charge in [0.05, 0.1) is 20.8 Å². The van der Waals surface area contributed by atoms with Crippen molar-refractivity contribution in [1.82, 2.24) is 10.3 Å². The Morgan fingerprint density at radius 2 is 2.11 bits per heavy atom. The van der Waals surface area contributed by atoms with Gasteiger partial charge in [0.15, 0.2) is 0 Å². The van der Waals surface area contributed by atoms with Crippen LogP contribution in [0.15, 0.2) is 24.3 Å². The van der Waals surface area contributed by atoms with E-state index in [1.807, 2.05) is 25.1 Å². The molecular formula is C15H22N2OS. The van der Waals surface area contributed by atoms with E-state index in [1.165, 1.54) is 4.70 Å². The number of hydrogen-bond donors (Lipinski definition) is 2. The molecule has 1 heterocycles. The lowest BCUT2D eigenvalue weighted by molar-refractivity contribution is 0.0511. The largest absolute Gasteiger partial charge is 0.390 e. The minimum absolute atomic E-state index is 0.457. The highest BCUT2D eigenvalue weighted by atomic mass is 32.1. The van der Waals surface area contributed by atoms with Gasteiger partial charge in [-0.15, -0.1) is 11.3 Å². The Morgan fingerprint density at radius 1 is 1.37 bits per heavy atom. The van der Waals surface area contributed by atoms with Gasteiger partial charge in [0.25, 0.3) is 0 Å². The molecule has 19 heavy (non-hydrogen) atoms. The van der Waals surface area contributed by atoms with Crippen molar-refractivity contribution in [3.63, 3.8) is 0 Å². The SMILES string of the molecule is CC(C)NCCC(C)(O)Cc1nc2ccccc2s1. The lowest BCUT2D eigenvalue weighted by Crippen LogP contribution is -2.34. The summed E-state index contributed by atoms with van der Waals surface area (Å²) >= 11 is 1.67. The smallest absolute Gasteiger partial charge is 0.0967 e. The van der Waals surface area contributed by atoms with E-state index < -0.39 is 5.60 Å². The van der Waals surface area contributed by atoms with Crippen molar-refractivity contribution in [1.29, 1.82) is 0 Å². The molecule has 2 N–H and O–H groups in total. The van der Waals surface area contributed by atoms with E-state index in [0.29, 0.717) is 12.5 Å². The molecule has 1 aromatic heterocycles. The van der Waals surface area contributed by atoms with Crippen LogP contribution in [0.1, 0.15) is 32.2 Å². The lowest BCUT2D eigenvalue weighted by Gasteiger charge is -2.22. The van der Waals surface area contributed by atoms with Crippen molar-refractivity contribution in [3.8, 4) is 0 Å². The Morgan fingerprint density at radius 3 is 2.79 bits per heavy atom. The Hall–Kier alpha value is -0.970. The van der Waals surface area contributed by atoms with Crippen LogP contribution in [-0.2, 0) is 6.42 Å². The minimum atomic E-state index is -0.699. The van der Waals surface area contributed by atoms with Crippen LogP contribution in [0.3, 0.4) is 0 Å². The first kappa shape index (κ1) is 14.4. The first-order valence-electron chi connectivity index (χ1n) is 6.76. The average Bonchev–Trinajstić information content (AvgIpc) is 2.68. The van der Waals surface area contributed by atoms with Crippen LogP contribution in [0.5, 0.6) is 0 Å². The van der Waals surface area contributed by atoms with Crippen molar-refractivity contribution < 1.29 is 5.11 Å². The van der Waals surface area contributed by atoms with Gasteiger partial charge in [-0.1, -0.05) is 26.0 Å². The van der Waals surface area contributed by atoms with Crippen molar-refractivity contribution in [3.05, 3.63) is 29.3 Å². The van der Waals surface area contributed by atoms with E-state index in [2.05, 4.69) is 30.2 Å². The van der Waals surface area contributed by atoms with Crippen molar-refractivity contribution in [2.24, 2.45) is 0 Å². The highest BCUT2D eigenvalue weighted by Crippen LogP contribution is 2.25. The summed E-state index contributed by atoms with van der Waals surface area (Å²) in [5.41, 5.74) is 0.328. The molecule has 0 aliphatic heterocycles. The highest BCUT2D eigenvalue weighted by molar-refractivity contribution is 7.18. The zero-order chi connectivity index (χ0) is 13.9. The second kappa shape index (κ2) is 5.99. The normalized spacial score (nSPS) is 15.0. The van der Waals surface area contributed by atoms with E-state index in [1.54, 1.807) is 11.3 Å². The first-order valence-corrected chi connectivity index (χ1v) is 7.58. The number of nitrogens with one attached hydrogen (secondary N) is 1. The molecule has 0 saturated carbocycles. The molecule has 0 aliphatic carbocycles. The van der Waals surface area contributed by atoms with Gasteiger partial charge < -0.3 is 10.4 Å². The van der Waals surface area contributed by atoms with Gasteiger partial charge in [-0.3, -0.25) is 0 Å². The van der Waals surface area contributed by atoms with Gasteiger partial charge >= 0.3 is 0 Å². The Labute approximate surface area is 118 Å². The predicted octanol–water partition coefficient (Wildman–Crippen LogP) is 2.98. The van der Waals surface area contributed by atoms with Crippen molar-refractivity contribution >= 4 is 21.6 Å². The van der Waals surface area contributed by atoms with Crippen LogP contribution in [-0.4, -0.2) is 28.3 Å². The van der Waals surface area contributed by atoms with Crippen LogP contribution >= 0.6 is 11.3 Å². The van der Waals surface area contributed by atoms with Crippen molar-refractivity contribution in [2.75, 3.05) is 6.54 Å². The van der Waals surface area contributed by atoms with E-state index in [4.69, 9.17) is 0 Å². The topological polar surface area (TPSA) is 45.1 Å². The molecule has 0 aliphatic rings. The highest BCUT2D eigenvalue weighted by Gasteiger charge is 2.22. The van der Waals surface area contributed by atoms with E-state index >= 15 is 0 Å². The summed E-state index contributed by atoms with van der Waals surface area (Å²) < 4.78 is 1.19. The molecule has 1 unspecified atom stereocenters. The molecule has 4 heteroatoms. The number of benzene rings is 1. The summed E-state index contributed by atoms with van der Waals surface area (Å²) in [5, 5.41) is 14.8. The number of aromatic nitrogens is 1. The standard InChI is InChI=1S/C15H22N2OS/c1-11(2)16-9-8-15(3,18)10-14-17-12-6-4-5-7-13(12)19-14/h4-7,11,16,18H,8-10H2,1-3H3. The van der Waals surface area contributed by atoms with Crippen molar-refractivity contribution in [2.45, 2.75) is 45.3 Å². The number of nitrogens with zero attached hydrogens (tertiary/aromatic N) is 1. The summed E-state index contributed by atoms with van der Waals surface area (Å²) in [6, 6.07) is 8.57. The maximum atomic E-state index is 10.4. The zero-order valence-electron chi connectivity index (χ0n) is 11.8. The molecule has 0 radical (unpaired) electrons. The lowest BCUT2D eigenvalue weighted by atomic mass is 9.98. The Kier molecular flexibility index (Phi) is 4.55. The Balaban J connectivity index is 1.98. The summed E-state index contributed by atoms with van der Waals surface area (Å²) in [5.74, 6) is 0. The number of rotatable bonds is 6. The molecule has 0 spiro atoms. The minimum Gasteiger partial charge on any atom is -0.390 e. The monoisotopic (exact) mass is 278 g/mol. The molecule has 0 bridgehead atoms. The fourth-order valence-electron chi connectivity index (χ4n) is 2.04. The van der Waals surface area contributed by atoms with Crippen LogP contribution in [0, 0.1) is 0 Å². The molecule has 2 aromatic rings. The molecule has 1 aromatic carbocycles. The maximum Gasteiger partial charge on any atom is 0.0967 e. The molecule has 104 valence electrons. The second-order valence-corrected chi connectivity index (χ2v) is 6.72. The molecule has 0 amide bonds. The summed E-state index contributed by atoms with van der Waals surface area (Å²) in [6.45, 7) is 6.95. The number of fused-ring (bicyclic) bond motifs is 1. The van der Waals surface area contributed by atoms with Gasteiger partial charge in [-0.05, 0) is 32.0 Å². The van der Waals surface area contributed by atoms with Gasteiger partial charge in [-0.2, -0.15) is 0 Å². The molecule has 3 nitrogen and oxygen atoms in total. The fraction of sp³-hybridized carbons (Fsp3) is 0.533. The molecular weight excluding hydrogens is 256 g/mol. The molecule has 1 atom stereocenters. The Bertz CT molecular complexity index is 501. The number of para-hydroxylation sites is 1. The molecule has 2 rings (SSSR count). The quantitative estimate of drug-likeness (QED) is 0.854. The zero-order valence-corrected chi connectivity index (χ0v) is 12.6. The van der Waals surface area contributed by atoms with E-state index in [0.717, 1.165) is 23.5 Å². The number of aliphatic hydroxyl groups is 1. The predicted molar refractivity (Wildman–Crippen MR) is 81.7 cm³/mol. The van der Waals surface area contributed by atoms with E-state index in [-0.39, 0.29) is 0 Å². The molecule has 0 saturated heterocycles. The summed E-state index contributed by atoms with van der Waals surface area (Å²) in [4.78, 5) is 4.58. The van der Waals surface area contributed by atoms with Gasteiger partial charge in [0.1, 0.15) is 0 Å². The third kappa shape index (κ3) is 4.27. The van der Waals surface area contributed by atoms with Crippen LogP contribution < -0.4 is 5.32 Å². The van der Waals surface area contributed by atoms with Gasteiger partial charge in [0, 0.05) is 12.5 Å². The average molecular weight is 278 g/mol. The van der Waals surface area contributed by atoms with Gasteiger partial charge in [0.2, 0.25) is 0 Å². The number of hydrogen-bond acceptors (Lipinski definition) is 4. The first-order chi connectivity index (χ1) is 8.96. The van der Waals surface area contributed by atoms with Gasteiger partial charge in [-0.25, -0.2) is 4.98 Å². The third-order valence-electron chi connectivity index (χ3n) is 3.09. The summed E-state index contributed by atoms with van der Waals surface area (Å²) in [6.07, 6.45) is 1.35. The molecule has 0 fully saturated rings. The fourth-order valence-corrected chi connectivity index (χ4v) is 3.19. The maximum absolute atomic E-state index is 10.4. The number of thiazole rings is 1. The van der Waals surface area contributed by atoms with Crippen LogP contribution in [0.25, 0.3) is 10.2 Å². The third-order valence-corrected chi connectivity index (χ3v) is 4.12. The van der Waals surface area contributed by atoms with E-state index in [9.17, 15) is 5.11 Å². The second-order valence-electron chi connectivity index (χ2n) is 5.61.